The molecule has 21 nitrogen and oxygen atoms in total. The molecule has 0 unspecified atom stereocenters. The Morgan fingerprint density at radius 1 is 0.763 bits per heavy atom. The molecule has 320 valence electrons. The summed E-state index contributed by atoms with van der Waals surface area (Å²) in [5, 5.41) is 22.1. The van der Waals surface area contributed by atoms with Gasteiger partial charge in [0, 0.05) is 112 Å². The van der Waals surface area contributed by atoms with Crippen molar-refractivity contribution in [1.29, 1.82) is 0 Å². The monoisotopic (exact) mass is 821 g/mol. The molecule has 5 aromatic rings. The van der Waals surface area contributed by atoms with Crippen LogP contribution in [0.25, 0.3) is 0 Å². The van der Waals surface area contributed by atoms with Crippen molar-refractivity contribution in [2.24, 2.45) is 35.2 Å². The number of aromatic carboxylic acids is 1. The minimum Gasteiger partial charge on any atom is -0.475 e. The molecule has 5 heterocycles. The zero-order chi connectivity index (χ0) is 44.5. The van der Waals surface area contributed by atoms with Crippen LogP contribution in [0, 0.1) is 6.92 Å². The number of carbonyl (C=O) groups is 7. The number of nitrogens with one attached hydrogen (secondary N) is 5. The molecule has 5 rings (SSSR count). The van der Waals surface area contributed by atoms with Crippen LogP contribution >= 0.6 is 0 Å². The Morgan fingerprint density at radius 3 is 1.81 bits per heavy atom. The highest BCUT2D eigenvalue weighted by molar-refractivity contribution is 5.94. The van der Waals surface area contributed by atoms with E-state index in [4.69, 9.17) is 5.11 Å². The Morgan fingerprint density at radius 2 is 1.41 bits per heavy atom. The predicted molar refractivity (Wildman–Crippen MR) is 222 cm³/mol. The number of imidazole rings is 3. The number of hydrogen-bond donors (Lipinski definition) is 6. The average molecular weight is 822 g/mol. The highest BCUT2D eigenvalue weighted by Crippen LogP contribution is 2.12. The van der Waals surface area contributed by atoms with Gasteiger partial charge in [0.25, 0.3) is 5.91 Å². The first-order valence-corrected chi connectivity index (χ1v) is 18.1. The largest absolute Gasteiger partial charge is 0.475 e. The van der Waals surface area contributed by atoms with Gasteiger partial charge >= 0.3 is 5.97 Å². The van der Waals surface area contributed by atoms with Crippen LogP contribution in [0.5, 0.6) is 0 Å². The van der Waals surface area contributed by atoms with E-state index < -0.39 is 5.97 Å². The first-order chi connectivity index (χ1) is 28.1. The van der Waals surface area contributed by atoms with E-state index in [2.05, 4.69) is 65.3 Å². The van der Waals surface area contributed by atoms with Crippen molar-refractivity contribution in [1.82, 2.24) is 48.4 Å². The van der Waals surface area contributed by atoms with E-state index in [1.807, 2.05) is 27.2 Å². The van der Waals surface area contributed by atoms with Crippen molar-refractivity contribution in [2.75, 3.05) is 43.1 Å². The minimum absolute atomic E-state index is 0.0476. The lowest BCUT2D eigenvalue weighted by atomic mass is 10.2. The van der Waals surface area contributed by atoms with Gasteiger partial charge in [0.05, 0.1) is 23.5 Å². The number of aryl methyl sites for hydroxylation is 6. The fourth-order valence-corrected chi connectivity index (χ4v) is 4.66. The molecule has 0 radical (unpaired) electrons. The van der Waals surface area contributed by atoms with Crippen LogP contribution in [-0.2, 0) is 56.0 Å². The maximum Gasteiger partial charge on any atom is 0.372 e. The smallest absolute Gasteiger partial charge is 0.372 e. The molecule has 59 heavy (non-hydrogen) atoms. The van der Waals surface area contributed by atoms with Crippen LogP contribution in [0.4, 0.5) is 17.2 Å². The van der Waals surface area contributed by atoms with Crippen molar-refractivity contribution in [3.05, 3.63) is 83.9 Å². The van der Waals surface area contributed by atoms with Gasteiger partial charge in [0.15, 0.2) is 30.0 Å². The molecular formula is C38H55N13O8. The molecule has 0 saturated heterocycles. The summed E-state index contributed by atoms with van der Waals surface area (Å²) in [6.07, 6.45) is 14.1. The zero-order valence-corrected chi connectivity index (χ0v) is 34.8. The third-order valence-electron chi connectivity index (χ3n) is 7.92. The predicted octanol–water partition coefficient (Wildman–Crippen LogP) is 1.98. The topological polar surface area (TPSA) is 263 Å². The van der Waals surface area contributed by atoms with E-state index >= 15 is 0 Å². The second kappa shape index (κ2) is 26.5. The van der Waals surface area contributed by atoms with Gasteiger partial charge in [0.2, 0.25) is 18.6 Å². The summed E-state index contributed by atoms with van der Waals surface area (Å²) >= 11 is 0. The maximum absolute atomic E-state index is 12.1. The SMILES string of the molecule is CCCNC=O.CNc1cc(C(=O)NCCC(=O)Cc2cn(C)c(C=O)n2)n(C)c1.CNc1cc(C)n(C)c1.Cn1cc(NC=O)nc1C(=O)O.Cn1ccnc1C=O. The summed E-state index contributed by atoms with van der Waals surface area (Å²) in [6, 6.07) is 3.85. The molecule has 0 atom stereocenters. The van der Waals surface area contributed by atoms with Gasteiger partial charge in [-0.05, 0) is 25.5 Å². The van der Waals surface area contributed by atoms with Gasteiger partial charge in [0.1, 0.15) is 11.5 Å². The summed E-state index contributed by atoms with van der Waals surface area (Å²) in [6.45, 7) is 5.14. The molecule has 0 bridgehead atoms. The number of carbonyl (C=O) groups excluding carboxylic acids is 6. The van der Waals surface area contributed by atoms with E-state index in [1.54, 1.807) is 66.5 Å². The van der Waals surface area contributed by atoms with Crippen molar-refractivity contribution in [2.45, 2.75) is 33.1 Å². The zero-order valence-electron chi connectivity index (χ0n) is 34.8. The summed E-state index contributed by atoms with van der Waals surface area (Å²) in [5.74, 6) is -0.539. The highest BCUT2D eigenvalue weighted by atomic mass is 16.4. The summed E-state index contributed by atoms with van der Waals surface area (Å²) < 4.78 is 8.36. The maximum atomic E-state index is 12.1. The van der Waals surface area contributed by atoms with Gasteiger partial charge in [-0.3, -0.25) is 28.8 Å². The van der Waals surface area contributed by atoms with Crippen LogP contribution in [-0.4, -0.2) is 113 Å². The van der Waals surface area contributed by atoms with Crippen molar-refractivity contribution in [3.63, 3.8) is 0 Å². The molecular weight excluding hydrogens is 767 g/mol. The number of aromatic nitrogens is 8. The van der Waals surface area contributed by atoms with E-state index in [-0.39, 0.29) is 48.5 Å². The highest BCUT2D eigenvalue weighted by Gasteiger charge is 2.14. The fourth-order valence-electron chi connectivity index (χ4n) is 4.66. The first kappa shape index (κ1) is 49.7. The number of ketones is 1. The summed E-state index contributed by atoms with van der Waals surface area (Å²) in [7, 11) is 12.5. The van der Waals surface area contributed by atoms with Crippen molar-refractivity contribution >= 4 is 60.2 Å². The lowest BCUT2D eigenvalue weighted by Crippen LogP contribution is -2.27. The second-order valence-electron chi connectivity index (χ2n) is 12.5. The van der Waals surface area contributed by atoms with E-state index in [9.17, 15) is 33.6 Å². The standard InChI is InChI=1S/C16H21N5O3.C7H12N2.C6H7N3O3.C5H6N2O.C4H9NO/c1-17-11-7-14(20(2)8-11)16(24)18-5-4-13(23)6-12-9-21(3)15(10-22)19-12;1-6-4-7(8-2)5-9(6)3;1-9-2-4(7-3-10)8-5(9)6(11)12;1-7-3-2-6-5(7)4-8;1-2-3-5-4-6/h7-10,17H,4-6H2,1-3H3,(H,18,24);4-5,8H,1-3H3;2-3H,1H3,(H,7,10)(H,11,12);2-4H,1H3;4H,2-3H2,1H3,(H,5,6). The minimum atomic E-state index is -1.13. The number of carboxylic acid groups (broad SMARTS) is 1. The summed E-state index contributed by atoms with van der Waals surface area (Å²) in [5.41, 5.74) is 4.37. The van der Waals surface area contributed by atoms with Crippen LogP contribution in [0.1, 0.15) is 73.5 Å². The Hall–Kier alpha value is -7.32. The van der Waals surface area contributed by atoms with Crippen LogP contribution in [0.3, 0.4) is 0 Å². The number of rotatable bonds is 16. The quantitative estimate of drug-likeness (QED) is 0.0615. The normalized spacial score (nSPS) is 9.64. The van der Waals surface area contributed by atoms with Crippen LogP contribution < -0.4 is 26.6 Å². The summed E-state index contributed by atoms with van der Waals surface area (Å²) in [4.78, 5) is 86.0. The van der Waals surface area contributed by atoms with Gasteiger partial charge in [-0.2, -0.15) is 0 Å². The first-order valence-electron chi connectivity index (χ1n) is 18.1. The number of amides is 3. The molecule has 6 N–H and O–H groups in total. The molecule has 0 aliphatic rings. The molecule has 0 aliphatic carbocycles. The van der Waals surface area contributed by atoms with Gasteiger partial charge in [-0.15, -0.1) is 0 Å². The molecule has 5 aromatic heterocycles. The number of aldehydes is 2. The molecule has 0 aliphatic heterocycles. The number of anilines is 3. The Balaban J connectivity index is 0.000000413. The van der Waals surface area contributed by atoms with E-state index in [0.717, 1.165) is 24.9 Å². The van der Waals surface area contributed by atoms with Crippen LogP contribution in [0.15, 0.2) is 49.3 Å². The van der Waals surface area contributed by atoms with E-state index in [1.165, 1.54) is 29.2 Å². The second-order valence-corrected chi connectivity index (χ2v) is 12.5. The lowest BCUT2D eigenvalue weighted by Gasteiger charge is -2.05. The number of Topliss-reactive ketones (excluding diaryl/α,β-unsaturated/α-hetero) is 1. The van der Waals surface area contributed by atoms with Gasteiger partial charge in [-0.25, -0.2) is 19.7 Å². The van der Waals surface area contributed by atoms with Crippen molar-refractivity contribution < 1.29 is 38.7 Å². The number of carboxylic acids is 1. The van der Waals surface area contributed by atoms with E-state index in [0.29, 0.717) is 36.3 Å². The molecule has 0 saturated carbocycles. The molecule has 3 amide bonds. The lowest BCUT2D eigenvalue weighted by molar-refractivity contribution is -0.118. The average Bonchev–Trinajstić information content (AvgIpc) is 4.04. The molecule has 0 fully saturated rings. The van der Waals surface area contributed by atoms with Crippen LogP contribution in [0.2, 0.25) is 0 Å². The fraction of sp³-hybridized carbons (Fsp3) is 0.368. The Bertz CT molecular complexity index is 2090. The Labute approximate surface area is 342 Å². The third-order valence-corrected chi connectivity index (χ3v) is 7.92. The number of hydrogen-bond acceptors (Lipinski definition) is 12. The Kier molecular flexibility index (Phi) is 22.3. The third kappa shape index (κ3) is 17.6. The van der Waals surface area contributed by atoms with Crippen molar-refractivity contribution in [3.8, 4) is 0 Å². The van der Waals surface area contributed by atoms with Gasteiger partial charge in [-0.1, -0.05) is 6.92 Å². The molecule has 0 spiro atoms. The number of nitrogens with zero attached hydrogens (tertiary/aromatic N) is 8. The molecule has 0 aromatic carbocycles. The van der Waals surface area contributed by atoms with Gasteiger partial charge < -0.3 is 54.5 Å². The molecule has 21 heteroatoms.